The number of thioether (sulfide) groups is 2. The molecule has 4 atom stereocenters. The van der Waals surface area contributed by atoms with Crippen molar-refractivity contribution in [3.63, 3.8) is 0 Å². The molecule has 15 heteroatoms. The molecule has 3 aliphatic rings. The van der Waals surface area contributed by atoms with E-state index in [4.69, 9.17) is 0 Å². The third-order valence-corrected chi connectivity index (χ3v) is 16.9. The number of Topliss-reactive ketones (excluding diaryl/α,β-unsaturated/α-hetero) is 3. The summed E-state index contributed by atoms with van der Waals surface area (Å²) in [5.74, 6) is -2.47. The summed E-state index contributed by atoms with van der Waals surface area (Å²) in [5.41, 5.74) is 1.18. The van der Waals surface area contributed by atoms with Crippen LogP contribution >= 0.6 is 23.5 Å². The van der Waals surface area contributed by atoms with Gasteiger partial charge in [-0.1, -0.05) is 71.6 Å². The molecule has 5 rings (SSSR count). The van der Waals surface area contributed by atoms with Crippen LogP contribution in [-0.2, 0) is 29.2 Å². The number of ketones is 3. The standard InChI is InChI=1S/C44H62N4O8S3/c1-8-16-31(40(52)47-59(55,56)32-19-13-10-14-20-32)23-35(50)34-25-44(57-21-15-22-58-44)26-48(34)42(54)39(43(5,6)7)46-41(53)33(30-17-11-9-12-18-30)24-36(51)38-37(29(4)49)27(2)28(3)45-38/h10,13-14,19-20,30-31,33-34,39,45H,8-9,11-12,15-18,21-26H2,1-7H3,(H,46,53)(H,47,52)/t31-,33+,34+,39-/m1/s1. The Balaban J connectivity index is 1.41. The number of rotatable bonds is 16. The number of carbonyl (C=O) groups excluding carboxylic acids is 6. The highest BCUT2D eigenvalue weighted by atomic mass is 32.2. The summed E-state index contributed by atoms with van der Waals surface area (Å²) in [7, 11) is -4.17. The second-order valence-electron chi connectivity index (χ2n) is 17.7. The van der Waals surface area contributed by atoms with Crippen molar-refractivity contribution in [3.8, 4) is 0 Å². The minimum absolute atomic E-state index is 0.0588. The monoisotopic (exact) mass is 870 g/mol. The van der Waals surface area contributed by atoms with Crippen LogP contribution in [-0.4, -0.2) is 87.6 Å². The molecule has 1 aliphatic carbocycles. The number of benzene rings is 1. The molecule has 12 nitrogen and oxygen atoms in total. The quantitative estimate of drug-likeness (QED) is 0.146. The van der Waals surface area contributed by atoms with Crippen LogP contribution in [0.2, 0.25) is 0 Å². The normalized spacial score (nSPS) is 20.1. The summed E-state index contributed by atoms with van der Waals surface area (Å²) >= 11 is 3.46. The van der Waals surface area contributed by atoms with Crippen LogP contribution in [0.15, 0.2) is 35.2 Å². The van der Waals surface area contributed by atoms with Crippen molar-refractivity contribution in [1.82, 2.24) is 19.9 Å². The molecule has 3 N–H and O–H groups in total. The second-order valence-corrected chi connectivity index (χ2v) is 22.6. The van der Waals surface area contributed by atoms with E-state index < -0.39 is 61.2 Å². The molecule has 1 spiro atoms. The van der Waals surface area contributed by atoms with Crippen LogP contribution in [0.4, 0.5) is 0 Å². The summed E-state index contributed by atoms with van der Waals surface area (Å²) < 4.78 is 27.9. The van der Waals surface area contributed by atoms with Crippen LogP contribution in [0, 0.1) is 37.0 Å². The van der Waals surface area contributed by atoms with Gasteiger partial charge >= 0.3 is 0 Å². The zero-order valence-corrected chi connectivity index (χ0v) is 38.1. The van der Waals surface area contributed by atoms with Crippen LogP contribution < -0.4 is 10.0 Å². The van der Waals surface area contributed by atoms with Gasteiger partial charge in [-0.25, -0.2) is 13.1 Å². The smallest absolute Gasteiger partial charge is 0.264 e. The lowest BCUT2D eigenvalue weighted by Gasteiger charge is -2.38. The maximum Gasteiger partial charge on any atom is 0.264 e. The van der Waals surface area contributed by atoms with E-state index in [0.29, 0.717) is 24.0 Å². The number of hydrogen-bond donors (Lipinski definition) is 3. The van der Waals surface area contributed by atoms with Crippen LogP contribution in [0.5, 0.6) is 0 Å². The first kappa shape index (κ1) is 46.6. The summed E-state index contributed by atoms with van der Waals surface area (Å²) in [6.07, 6.45) is 6.21. The summed E-state index contributed by atoms with van der Waals surface area (Å²) in [4.78, 5) is 89.0. The third-order valence-electron chi connectivity index (χ3n) is 12.2. The molecule has 3 amide bonds. The van der Waals surface area contributed by atoms with Gasteiger partial charge in [-0.15, -0.1) is 23.5 Å². The zero-order valence-electron chi connectivity index (χ0n) is 35.6. The van der Waals surface area contributed by atoms with Gasteiger partial charge in [0.25, 0.3) is 10.0 Å². The van der Waals surface area contributed by atoms with E-state index in [1.54, 1.807) is 53.5 Å². The van der Waals surface area contributed by atoms with E-state index >= 15 is 4.79 Å². The van der Waals surface area contributed by atoms with Crippen LogP contribution in [0.25, 0.3) is 0 Å². The van der Waals surface area contributed by atoms with Crippen LogP contribution in [0.3, 0.4) is 0 Å². The highest BCUT2D eigenvalue weighted by Crippen LogP contribution is 2.51. The number of aryl methyl sites for hydroxylation is 1. The molecular formula is C44H62N4O8S3. The SMILES string of the molecule is CCC[C@H](CC(=O)[C@@H]1CC2(CN1C(=O)[C@@H](NC(=O)[C@@H](CC(=O)c1[nH]c(C)c(C)c1C(C)=O)C1CCCCC1)C(C)(C)C)SCCCS2)C(=O)NS(=O)(=O)c1ccccc1. The van der Waals surface area contributed by atoms with Crippen molar-refractivity contribution >= 4 is 68.6 Å². The van der Waals surface area contributed by atoms with E-state index in [-0.39, 0.29) is 59.7 Å². The first-order chi connectivity index (χ1) is 27.8. The van der Waals surface area contributed by atoms with Gasteiger partial charge in [0.05, 0.1) is 20.7 Å². The predicted octanol–water partition coefficient (Wildman–Crippen LogP) is 7.18. The molecule has 0 bridgehead atoms. The van der Waals surface area contributed by atoms with Gasteiger partial charge in [0.15, 0.2) is 17.3 Å². The maximum atomic E-state index is 15.0. The van der Waals surface area contributed by atoms with Crippen LogP contribution in [0.1, 0.15) is 137 Å². The predicted molar refractivity (Wildman–Crippen MR) is 233 cm³/mol. The number of likely N-dealkylation sites (tertiary alicyclic amines) is 1. The Kier molecular flexibility index (Phi) is 15.4. The molecule has 0 unspecified atom stereocenters. The average molecular weight is 871 g/mol. The molecule has 1 saturated carbocycles. The Labute approximate surface area is 358 Å². The number of carbonyl (C=O) groups is 6. The number of nitrogens with zero attached hydrogens (tertiary/aromatic N) is 1. The second kappa shape index (κ2) is 19.5. The molecule has 3 fully saturated rings. The Bertz CT molecular complexity index is 2000. The van der Waals surface area contributed by atoms with Crippen molar-refractivity contribution in [3.05, 3.63) is 52.8 Å². The van der Waals surface area contributed by atoms with Gasteiger partial charge in [-0.3, -0.25) is 28.8 Å². The number of H-pyrrole nitrogens is 1. The minimum atomic E-state index is -4.17. The van der Waals surface area contributed by atoms with Crippen molar-refractivity contribution in [2.45, 2.75) is 140 Å². The summed E-state index contributed by atoms with van der Waals surface area (Å²) in [6, 6.07) is 5.65. The largest absolute Gasteiger partial charge is 0.355 e. The lowest BCUT2D eigenvalue weighted by Crippen LogP contribution is -2.58. The Morgan fingerprint density at radius 3 is 2.17 bits per heavy atom. The fourth-order valence-electron chi connectivity index (χ4n) is 8.86. The lowest BCUT2D eigenvalue weighted by atomic mass is 9.76. The first-order valence-electron chi connectivity index (χ1n) is 21.0. The number of amides is 3. The maximum absolute atomic E-state index is 15.0. The summed E-state index contributed by atoms with van der Waals surface area (Å²) in [6.45, 7) is 12.8. The molecule has 59 heavy (non-hydrogen) atoms. The highest BCUT2D eigenvalue weighted by molar-refractivity contribution is 8.18. The van der Waals surface area contributed by atoms with Gasteiger partial charge in [0, 0.05) is 48.9 Å². The minimum Gasteiger partial charge on any atom is -0.355 e. The van der Waals surface area contributed by atoms with Crippen molar-refractivity contribution in [2.75, 3.05) is 18.1 Å². The van der Waals surface area contributed by atoms with Crippen molar-refractivity contribution in [1.29, 1.82) is 0 Å². The molecule has 1 aromatic carbocycles. The van der Waals surface area contributed by atoms with E-state index in [0.717, 1.165) is 55.7 Å². The number of hydrogen-bond acceptors (Lipinski definition) is 10. The Hall–Kier alpha value is -3.43. The van der Waals surface area contributed by atoms with Gasteiger partial charge in [-0.05, 0) is 87.0 Å². The van der Waals surface area contributed by atoms with E-state index in [2.05, 4.69) is 15.0 Å². The molecule has 0 radical (unpaired) electrons. The number of nitrogens with one attached hydrogen (secondary N) is 3. The Morgan fingerprint density at radius 2 is 1.58 bits per heavy atom. The van der Waals surface area contributed by atoms with Gasteiger partial charge in [0.2, 0.25) is 17.7 Å². The first-order valence-corrected chi connectivity index (χ1v) is 24.5. The number of sulfonamides is 1. The van der Waals surface area contributed by atoms with Gasteiger partial charge < -0.3 is 15.2 Å². The van der Waals surface area contributed by atoms with E-state index in [9.17, 15) is 32.4 Å². The Morgan fingerprint density at radius 1 is 0.932 bits per heavy atom. The lowest BCUT2D eigenvalue weighted by molar-refractivity contribution is -0.144. The van der Waals surface area contributed by atoms with Gasteiger partial charge in [0.1, 0.15) is 6.04 Å². The van der Waals surface area contributed by atoms with E-state index in [1.165, 1.54) is 19.1 Å². The summed E-state index contributed by atoms with van der Waals surface area (Å²) in [5, 5.41) is 3.10. The molecule has 2 aromatic rings. The average Bonchev–Trinajstić information content (AvgIpc) is 3.71. The fourth-order valence-corrected chi connectivity index (χ4v) is 13.3. The molecule has 2 saturated heterocycles. The van der Waals surface area contributed by atoms with E-state index in [1.807, 2.05) is 34.6 Å². The molecular weight excluding hydrogens is 809 g/mol. The van der Waals surface area contributed by atoms with Gasteiger partial charge in [-0.2, -0.15) is 0 Å². The number of aromatic nitrogens is 1. The zero-order chi connectivity index (χ0) is 43.3. The fraction of sp³-hybridized carbons (Fsp3) is 0.636. The third kappa shape index (κ3) is 11.1. The highest BCUT2D eigenvalue weighted by Gasteiger charge is 2.53. The molecule has 324 valence electrons. The number of aromatic amines is 1. The topological polar surface area (TPSA) is 180 Å². The molecule has 1 aromatic heterocycles. The van der Waals surface area contributed by atoms with Crippen molar-refractivity contribution in [2.24, 2.45) is 23.2 Å². The van der Waals surface area contributed by atoms with Crippen molar-refractivity contribution < 1.29 is 37.2 Å². The molecule has 2 aliphatic heterocycles. The molecule has 3 heterocycles.